The van der Waals surface area contributed by atoms with Gasteiger partial charge in [0.15, 0.2) is 0 Å². The molecule has 2 aliphatic rings. The third kappa shape index (κ3) is 1.23. The molecule has 1 saturated carbocycles. The van der Waals surface area contributed by atoms with Gasteiger partial charge in [0, 0.05) is 22.4 Å². The van der Waals surface area contributed by atoms with Crippen molar-refractivity contribution in [3.05, 3.63) is 35.1 Å². The zero-order valence-electron chi connectivity index (χ0n) is 10.9. The van der Waals surface area contributed by atoms with E-state index in [9.17, 15) is 0 Å². The summed E-state index contributed by atoms with van der Waals surface area (Å²) < 4.78 is 11.8. The van der Waals surface area contributed by atoms with Gasteiger partial charge in [-0.1, -0.05) is 6.08 Å². The summed E-state index contributed by atoms with van der Waals surface area (Å²) in [5, 5.41) is 1.21. The first-order valence-electron chi connectivity index (χ1n) is 6.52. The van der Waals surface area contributed by atoms with Crippen LogP contribution in [0, 0.1) is 19.8 Å². The van der Waals surface area contributed by atoms with Crippen LogP contribution in [-0.2, 0) is 0 Å². The number of hydrogen-bond donors (Lipinski definition) is 0. The number of rotatable bonds is 0. The molecule has 2 atom stereocenters. The highest BCUT2D eigenvalue weighted by atomic mass is 16.5. The molecule has 1 aromatic heterocycles. The average molecular weight is 240 g/mol. The van der Waals surface area contributed by atoms with E-state index in [0.717, 1.165) is 23.3 Å². The van der Waals surface area contributed by atoms with E-state index in [1.54, 1.807) is 0 Å². The number of benzene rings is 1. The van der Waals surface area contributed by atoms with E-state index >= 15 is 0 Å². The van der Waals surface area contributed by atoms with Crippen molar-refractivity contribution in [1.82, 2.24) is 0 Å². The third-order valence-electron chi connectivity index (χ3n) is 4.17. The Hall–Kier alpha value is -1.70. The Morgan fingerprint density at radius 1 is 1.22 bits per heavy atom. The molecule has 2 heterocycles. The maximum atomic E-state index is 6.14. The SMILES string of the molecule is CC1=CC2CC2Oc2c1cc1c(C)coc1c2C. The standard InChI is InChI=1S/C16H16O2/c1-8-4-11-5-14(11)18-16-10(3)15-13(6-12(8)16)9(2)7-17-15/h4,6-7,11,14H,5H2,1-3H3. The number of aryl methyl sites for hydroxylation is 2. The second kappa shape index (κ2) is 3.19. The third-order valence-corrected chi connectivity index (χ3v) is 4.17. The van der Waals surface area contributed by atoms with Gasteiger partial charge in [0.05, 0.1) is 6.26 Å². The highest BCUT2D eigenvalue weighted by molar-refractivity contribution is 5.91. The minimum absolute atomic E-state index is 0.383. The van der Waals surface area contributed by atoms with Gasteiger partial charge in [0.2, 0.25) is 0 Å². The van der Waals surface area contributed by atoms with E-state index in [-0.39, 0.29) is 0 Å². The molecule has 2 aromatic rings. The van der Waals surface area contributed by atoms with Crippen LogP contribution >= 0.6 is 0 Å². The first-order valence-corrected chi connectivity index (χ1v) is 6.52. The smallest absolute Gasteiger partial charge is 0.140 e. The molecule has 1 aliphatic heterocycles. The molecule has 0 saturated heterocycles. The fraction of sp³-hybridized carbons (Fsp3) is 0.375. The zero-order valence-corrected chi connectivity index (χ0v) is 10.9. The van der Waals surface area contributed by atoms with Crippen molar-refractivity contribution in [2.24, 2.45) is 5.92 Å². The van der Waals surface area contributed by atoms with Gasteiger partial charge in [-0.2, -0.15) is 0 Å². The zero-order chi connectivity index (χ0) is 12.4. The molecule has 0 radical (unpaired) electrons. The van der Waals surface area contributed by atoms with Crippen LogP contribution in [0.4, 0.5) is 0 Å². The minimum atomic E-state index is 0.383. The van der Waals surface area contributed by atoms with Crippen LogP contribution in [0.1, 0.15) is 30.0 Å². The number of furan rings is 1. The monoisotopic (exact) mass is 240 g/mol. The van der Waals surface area contributed by atoms with E-state index in [2.05, 4.69) is 32.9 Å². The van der Waals surface area contributed by atoms with Gasteiger partial charge in [0.25, 0.3) is 0 Å². The van der Waals surface area contributed by atoms with Gasteiger partial charge in [-0.25, -0.2) is 0 Å². The van der Waals surface area contributed by atoms with E-state index in [4.69, 9.17) is 9.15 Å². The fourth-order valence-corrected chi connectivity index (χ4v) is 2.95. The van der Waals surface area contributed by atoms with Crippen LogP contribution in [-0.4, -0.2) is 6.10 Å². The number of allylic oxidation sites excluding steroid dienone is 1. The molecule has 2 heteroatoms. The van der Waals surface area contributed by atoms with Gasteiger partial charge in [-0.15, -0.1) is 0 Å². The highest BCUT2D eigenvalue weighted by Gasteiger charge is 2.40. The molecule has 1 aromatic carbocycles. The molecule has 2 nitrogen and oxygen atoms in total. The van der Waals surface area contributed by atoms with Gasteiger partial charge < -0.3 is 9.15 Å². The number of hydrogen-bond acceptors (Lipinski definition) is 2. The fourth-order valence-electron chi connectivity index (χ4n) is 2.95. The summed E-state index contributed by atoms with van der Waals surface area (Å²) in [6, 6.07) is 2.22. The van der Waals surface area contributed by atoms with E-state index < -0.39 is 0 Å². The molecule has 1 aliphatic carbocycles. The molecule has 18 heavy (non-hydrogen) atoms. The lowest BCUT2D eigenvalue weighted by molar-refractivity contribution is 0.292. The van der Waals surface area contributed by atoms with Crippen molar-refractivity contribution < 1.29 is 9.15 Å². The van der Waals surface area contributed by atoms with Crippen LogP contribution < -0.4 is 4.74 Å². The quantitative estimate of drug-likeness (QED) is 0.687. The minimum Gasteiger partial charge on any atom is -0.489 e. The van der Waals surface area contributed by atoms with Crippen LogP contribution in [0.5, 0.6) is 5.75 Å². The predicted molar refractivity (Wildman–Crippen MR) is 71.9 cm³/mol. The highest BCUT2D eigenvalue weighted by Crippen LogP contribution is 2.46. The summed E-state index contributed by atoms with van der Waals surface area (Å²) in [6.07, 6.45) is 5.73. The maximum absolute atomic E-state index is 6.14. The molecule has 1 fully saturated rings. The van der Waals surface area contributed by atoms with Crippen LogP contribution in [0.2, 0.25) is 0 Å². The van der Waals surface area contributed by atoms with E-state index in [1.165, 1.54) is 22.1 Å². The Balaban J connectivity index is 2.07. The predicted octanol–water partition coefficient (Wildman–Crippen LogP) is 4.23. The normalized spacial score (nSPS) is 24.9. The lowest BCUT2D eigenvalue weighted by atomic mass is 9.98. The second-order valence-corrected chi connectivity index (χ2v) is 5.58. The first-order chi connectivity index (χ1) is 8.65. The molecule has 2 unspecified atom stereocenters. The summed E-state index contributed by atoms with van der Waals surface area (Å²) in [5.41, 5.74) is 5.87. The summed E-state index contributed by atoms with van der Waals surface area (Å²) in [5.74, 6) is 1.64. The van der Waals surface area contributed by atoms with Gasteiger partial charge >= 0.3 is 0 Å². The largest absolute Gasteiger partial charge is 0.489 e. The van der Waals surface area contributed by atoms with Gasteiger partial charge in [-0.05, 0) is 44.4 Å². The van der Waals surface area contributed by atoms with Crippen molar-refractivity contribution in [3.63, 3.8) is 0 Å². The summed E-state index contributed by atoms with van der Waals surface area (Å²) >= 11 is 0. The topological polar surface area (TPSA) is 22.4 Å². The van der Waals surface area contributed by atoms with Crippen molar-refractivity contribution in [3.8, 4) is 5.75 Å². The first kappa shape index (κ1) is 10.2. The van der Waals surface area contributed by atoms with Crippen LogP contribution in [0.15, 0.2) is 22.8 Å². The lowest BCUT2D eigenvalue weighted by Crippen LogP contribution is -2.01. The lowest BCUT2D eigenvalue weighted by Gasteiger charge is -2.13. The van der Waals surface area contributed by atoms with E-state index in [0.29, 0.717) is 12.0 Å². The summed E-state index contributed by atoms with van der Waals surface area (Å²) in [4.78, 5) is 0. The Bertz CT molecular complexity index is 691. The Labute approximate surface area is 106 Å². The van der Waals surface area contributed by atoms with Crippen molar-refractivity contribution in [2.45, 2.75) is 33.3 Å². The molecule has 4 rings (SSSR count). The molecule has 0 bridgehead atoms. The van der Waals surface area contributed by atoms with Crippen molar-refractivity contribution in [1.29, 1.82) is 0 Å². The molecule has 0 N–H and O–H groups in total. The molecular weight excluding hydrogens is 224 g/mol. The second-order valence-electron chi connectivity index (χ2n) is 5.58. The Morgan fingerprint density at radius 3 is 2.89 bits per heavy atom. The molecule has 92 valence electrons. The molecular formula is C16H16O2. The summed E-state index contributed by atoms with van der Waals surface area (Å²) in [7, 11) is 0. The average Bonchev–Trinajstić information content (AvgIpc) is 2.97. The Morgan fingerprint density at radius 2 is 2.06 bits per heavy atom. The van der Waals surface area contributed by atoms with E-state index in [1.807, 2.05) is 6.26 Å². The van der Waals surface area contributed by atoms with Crippen molar-refractivity contribution >= 4 is 16.5 Å². The van der Waals surface area contributed by atoms with Crippen LogP contribution in [0.25, 0.3) is 16.5 Å². The number of ether oxygens (including phenoxy) is 1. The van der Waals surface area contributed by atoms with Crippen molar-refractivity contribution in [2.75, 3.05) is 0 Å². The molecule has 0 amide bonds. The van der Waals surface area contributed by atoms with Gasteiger partial charge in [0.1, 0.15) is 17.4 Å². The Kier molecular flexibility index (Phi) is 1.82. The summed E-state index contributed by atoms with van der Waals surface area (Å²) in [6.45, 7) is 6.37. The molecule has 0 spiro atoms. The maximum Gasteiger partial charge on any atom is 0.140 e. The van der Waals surface area contributed by atoms with Crippen LogP contribution in [0.3, 0.4) is 0 Å². The number of fused-ring (bicyclic) bond motifs is 3. The van der Waals surface area contributed by atoms with Gasteiger partial charge in [-0.3, -0.25) is 0 Å².